The van der Waals surface area contributed by atoms with Crippen molar-refractivity contribution in [1.29, 1.82) is 5.41 Å². The Morgan fingerprint density at radius 3 is 2.30 bits per heavy atom. The molecule has 0 spiro atoms. The third-order valence-electron chi connectivity index (χ3n) is 5.77. The number of aldehydes is 1. The molecule has 1 aliphatic heterocycles. The van der Waals surface area contributed by atoms with Gasteiger partial charge < -0.3 is 19.5 Å². The third-order valence-corrected chi connectivity index (χ3v) is 9.17. The maximum atomic E-state index is 14.9. The zero-order chi connectivity index (χ0) is 27.6. The number of dihydropyridines is 1. The van der Waals surface area contributed by atoms with E-state index in [1.54, 1.807) is 18.4 Å². The van der Waals surface area contributed by atoms with Gasteiger partial charge in [-0.25, -0.2) is 4.39 Å². The van der Waals surface area contributed by atoms with Crippen molar-refractivity contribution >= 4 is 39.9 Å². The minimum absolute atomic E-state index is 0.00378. The summed E-state index contributed by atoms with van der Waals surface area (Å²) in [6.45, 7) is 17.0. The summed E-state index contributed by atoms with van der Waals surface area (Å²) in [6, 6.07) is 5.11. The van der Waals surface area contributed by atoms with E-state index in [1.165, 1.54) is 6.07 Å². The molecule has 0 fully saturated rings. The minimum atomic E-state index is -1.20. The first-order valence-corrected chi connectivity index (χ1v) is 20.1. The normalized spacial score (nSPS) is 15.5. The fourth-order valence-corrected chi connectivity index (χ4v) is 4.91. The van der Waals surface area contributed by atoms with Gasteiger partial charge in [0.05, 0.1) is 5.71 Å². The lowest BCUT2D eigenvalue weighted by atomic mass is 9.95. The van der Waals surface area contributed by atoms with Crippen molar-refractivity contribution in [2.45, 2.75) is 64.7 Å². The number of aliphatic imine (C=N–C) groups is 1. The zero-order valence-electron chi connectivity index (χ0n) is 23.3. The van der Waals surface area contributed by atoms with E-state index in [4.69, 9.17) is 19.6 Å². The van der Waals surface area contributed by atoms with Crippen LogP contribution in [0.1, 0.15) is 18.1 Å². The second-order valence-electron chi connectivity index (χ2n) is 11.5. The Kier molecular flexibility index (Phi) is 11.6. The zero-order valence-corrected chi connectivity index (χ0v) is 25.3. The van der Waals surface area contributed by atoms with Crippen LogP contribution in [0.3, 0.4) is 0 Å². The Morgan fingerprint density at radius 2 is 1.73 bits per heavy atom. The van der Waals surface area contributed by atoms with E-state index < -0.39 is 22.0 Å². The maximum absolute atomic E-state index is 14.9. The molecular formula is C27H42FN3O4Si2. The van der Waals surface area contributed by atoms with Gasteiger partial charge in [-0.05, 0) is 47.8 Å². The molecule has 1 aromatic rings. The lowest BCUT2D eigenvalue weighted by Gasteiger charge is -2.18. The summed E-state index contributed by atoms with van der Waals surface area (Å²) in [6.07, 6.45) is 4.42. The summed E-state index contributed by atoms with van der Waals surface area (Å²) in [7, 11) is -2.40. The van der Waals surface area contributed by atoms with E-state index in [9.17, 15) is 9.18 Å². The van der Waals surface area contributed by atoms with Crippen molar-refractivity contribution in [2.75, 3.05) is 26.7 Å². The highest BCUT2D eigenvalue weighted by atomic mass is 28.3. The van der Waals surface area contributed by atoms with E-state index in [1.807, 2.05) is 6.92 Å². The number of hydrogen-bond donors (Lipinski definition) is 2. The summed E-state index contributed by atoms with van der Waals surface area (Å²) in [5.41, 5.74) is 2.56. The van der Waals surface area contributed by atoms with Crippen LogP contribution in [-0.2, 0) is 20.7 Å². The van der Waals surface area contributed by atoms with Crippen LogP contribution in [0.5, 0.6) is 5.75 Å². The fraction of sp³-hybridized carbons (Fsp3) is 0.519. The Hall–Kier alpha value is -2.41. The number of halogens is 1. The number of benzene rings is 1. The quantitative estimate of drug-likeness (QED) is 0.0940. The summed E-state index contributed by atoms with van der Waals surface area (Å²) in [4.78, 5) is 16.0. The first kappa shape index (κ1) is 30.8. The first-order chi connectivity index (χ1) is 17.3. The van der Waals surface area contributed by atoms with Crippen LogP contribution in [-0.4, -0.2) is 61.1 Å². The van der Waals surface area contributed by atoms with Gasteiger partial charge in [0.2, 0.25) is 0 Å². The fourth-order valence-electron chi connectivity index (χ4n) is 3.40. The van der Waals surface area contributed by atoms with Crippen molar-refractivity contribution < 1.29 is 23.4 Å². The molecule has 0 amide bonds. The minimum Gasteiger partial charge on any atom is -0.464 e. The van der Waals surface area contributed by atoms with E-state index in [-0.39, 0.29) is 36.4 Å². The van der Waals surface area contributed by atoms with Crippen molar-refractivity contribution in [2.24, 2.45) is 4.99 Å². The van der Waals surface area contributed by atoms with E-state index in [0.717, 1.165) is 17.7 Å². The van der Waals surface area contributed by atoms with Gasteiger partial charge in [-0.1, -0.05) is 46.2 Å². The average Bonchev–Trinajstić information content (AvgIpc) is 2.80. The van der Waals surface area contributed by atoms with Crippen molar-refractivity contribution in [1.82, 2.24) is 5.32 Å². The number of hydrogen-bond acceptors (Lipinski definition) is 7. The molecular weight excluding hydrogens is 505 g/mol. The van der Waals surface area contributed by atoms with E-state index in [0.29, 0.717) is 37.1 Å². The summed E-state index contributed by atoms with van der Waals surface area (Å²) in [5, 5.41) is 11.4. The SMILES string of the molecule is CCc1cc(OCOCC[Si](C)(C)C)c(F)cc1C1=CC(=N)/C(=C(/C=O)NCOCC[Si](C)(C)C)N=C1. The predicted molar refractivity (Wildman–Crippen MR) is 155 cm³/mol. The number of allylic oxidation sites excluding steroid dienone is 3. The highest BCUT2D eigenvalue weighted by Crippen LogP contribution is 2.29. The molecule has 1 aliphatic rings. The van der Waals surface area contributed by atoms with Gasteiger partial charge >= 0.3 is 0 Å². The number of carbonyl (C=O) groups excluding carboxylic acids is 1. The second-order valence-corrected chi connectivity index (χ2v) is 22.7. The molecule has 0 saturated carbocycles. The van der Waals surface area contributed by atoms with Crippen LogP contribution in [0.2, 0.25) is 51.4 Å². The van der Waals surface area contributed by atoms with Crippen molar-refractivity contribution in [3.63, 3.8) is 0 Å². The van der Waals surface area contributed by atoms with E-state index >= 15 is 0 Å². The van der Waals surface area contributed by atoms with Crippen molar-refractivity contribution in [3.05, 3.63) is 46.5 Å². The van der Waals surface area contributed by atoms with Gasteiger partial charge in [-0.3, -0.25) is 15.2 Å². The largest absolute Gasteiger partial charge is 0.464 e. The Bertz CT molecular complexity index is 1060. The van der Waals surface area contributed by atoms with Crippen LogP contribution >= 0.6 is 0 Å². The molecule has 0 unspecified atom stereocenters. The molecule has 37 heavy (non-hydrogen) atoms. The monoisotopic (exact) mass is 547 g/mol. The summed E-state index contributed by atoms with van der Waals surface area (Å²) < 4.78 is 31.6. The summed E-state index contributed by atoms with van der Waals surface area (Å²) >= 11 is 0. The molecule has 0 bridgehead atoms. The molecule has 2 rings (SSSR count). The molecule has 1 heterocycles. The van der Waals surface area contributed by atoms with Gasteiger partial charge in [0.15, 0.2) is 24.6 Å². The number of nitrogens with one attached hydrogen (secondary N) is 2. The second kappa shape index (κ2) is 13.9. The highest BCUT2D eigenvalue weighted by molar-refractivity contribution is 6.76. The summed E-state index contributed by atoms with van der Waals surface area (Å²) in [5.74, 6) is -0.368. The lowest BCUT2D eigenvalue weighted by Crippen LogP contribution is -2.26. The van der Waals surface area contributed by atoms with Gasteiger partial charge in [-0.15, -0.1) is 0 Å². The van der Waals surface area contributed by atoms with Crippen molar-refractivity contribution in [3.8, 4) is 5.75 Å². The van der Waals surface area contributed by atoms with Crippen LogP contribution in [0.25, 0.3) is 5.57 Å². The molecule has 10 heteroatoms. The molecule has 0 atom stereocenters. The first-order valence-electron chi connectivity index (χ1n) is 12.7. The van der Waals surface area contributed by atoms with Gasteiger partial charge in [0, 0.05) is 41.1 Å². The molecule has 2 N–H and O–H groups in total. The molecule has 7 nitrogen and oxygen atoms in total. The van der Waals surface area contributed by atoms with Crippen LogP contribution < -0.4 is 10.1 Å². The van der Waals surface area contributed by atoms with Gasteiger partial charge in [0.25, 0.3) is 0 Å². The van der Waals surface area contributed by atoms with Crippen LogP contribution in [0, 0.1) is 11.2 Å². The Balaban J connectivity index is 2.08. The maximum Gasteiger partial charge on any atom is 0.189 e. The standard InChI is InChI=1S/C27H42FN3O4Si2/c1-8-20-14-26(35-19-34-10-12-37(5,6)7)23(28)15-22(20)21-13-24(29)27(30-16-21)25(17-32)31-18-33-9-11-36(2,3)4/h13-17,29,31H,8-12,18-19H2,1-7H3/b27-25+,29-24?. The number of rotatable bonds is 15. The molecule has 1 aromatic carbocycles. The van der Waals surface area contributed by atoms with Gasteiger partial charge in [-0.2, -0.15) is 0 Å². The van der Waals surface area contributed by atoms with Crippen LogP contribution in [0.15, 0.2) is 34.6 Å². The third kappa shape index (κ3) is 10.5. The van der Waals surface area contributed by atoms with Crippen LogP contribution in [0.4, 0.5) is 4.39 Å². The number of ether oxygens (including phenoxy) is 3. The van der Waals surface area contributed by atoms with E-state index in [2.05, 4.69) is 49.6 Å². The average molecular weight is 548 g/mol. The smallest absolute Gasteiger partial charge is 0.189 e. The van der Waals surface area contributed by atoms with Gasteiger partial charge in [0.1, 0.15) is 18.1 Å². The molecule has 204 valence electrons. The predicted octanol–water partition coefficient (Wildman–Crippen LogP) is 5.88. The molecule has 0 saturated heterocycles. The lowest BCUT2D eigenvalue weighted by molar-refractivity contribution is -0.105. The highest BCUT2D eigenvalue weighted by Gasteiger charge is 2.19. The Morgan fingerprint density at radius 1 is 1.08 bits per heavy atom. The number of carbonyl (C=O) groups is 1. The number of aryl methyl sites for hydroxylation is 1. The molecule has 0 aromatic heterocycles. The molecule has 0 radical (unpaired) electrons. The number of nitrogens with zero attached hydrogens (tertiary/aromatic N) is 1. The topological polar surface area (TPSA) is 93.0 Å². The Labute approximate surface area is 222 Å². The molecule has 0 aliphatic carbocycles.